The van der Waals surface area contributed by atoms with Gasteiger partial charge in [0.25, 0.3) is 11.8 Å². The van der Waals surface area contributed by atoms with Crippen molar-refractivity contribution in [1.82, 2.24) is 25.8 Å². The van der Waals surface area contributed by atoms with Crippen molar-refractivity contribution < 1.29 is 19.1 Å². The van der Waals surface area contributed by atoms with Gasteiger partial charge in [0.1, 0.15) is 11.8 Å². The van der Waals surface area contributed by atoms with Gasteiger partial charge < -0.3 is 20.3 Å². The fourth-order valence-electron chi connectivity index (χ4n) is 4.68. The standard InChI is InChI=1S/C23H20ClN5O4S/c24-12-7-11-8-16(22(31)29-5-3-25-4-6-29)33-19(11)14(9-12)13-1-2-26-15-10-17(34-20(13)15)18-21(30)28-23(32)27-18/h1-2,7,9-10,16,18,25H,3-6,8H2,(H2,27,28,30,32). The molecule has 4 amide bonds. The van der Waals surface area contributed by atoms with E-state index in [-0.39, 0.29) is 11.8 Å². The van der Waals surface area contributed by atoms with Crippen LogP contribution in [-0.2, 0) is 16.0 Å². The molecule has 0 radical (unpaired) electrons. The molecule has 1 aromatic carbocycles. The first kappa shape index (κ1) is 21.3. The molecule has 6 rings (SSSR count). The second kappa shape index (κ2) is 8.23. The Kier molecular flexibility index (Phi) is 5.16. The molecule has 0 aliphatic carbocycles. The molecule has 2 aromatic heterocycles. The average molecular weight is 498 g/mol. The van der Waals surface area contributed by atoms with Crippen molar-refractivity contribution >= 4 is 51.0 Å². The molecule has 3 aliphatic rings. The minimum Gasteiger partial charge on any atom is -0.479 e. The number of imide groups is 1. The normalized spacial score (nSPS) is 21.9. The second-order valence-electron chi connectivity index (χ2n) is 8.44. The molecule has 0 spiro atoms. The summed E-state index contributed by atoms with van der Waals surface area (Å²) in [5.74, 6) is 0.243. The topological polar surface area (TPSA) is 113 Å². The van der Waals surface area contributed by atoms with Crippen LogP contribution < -0.4 is 20.7 Å². The molecule has 0 bridgehead atoms. The molecule has 2 saturated heterocycles. The Labute approximate surface area is 203 Å². The van der Waals surface area contributed by atoms with E-state index >= 15 is 0 Å². The third-order valence-electron chi connectivity index (χ3n) is 6.28. The van der Waals surface area contributed by atoms with Crippen LogP contribution in [0.3, 0.4) is 0 Å². The Hall–Kier alpha value is -3.21. The highest BCUT2D eigenvalue weighted by Crippen LogP contribution is 2.45. The number of nitrogens with zero attached hydrogens (tertiary/aromatic N) is 2. The van der Waals surface area contributed by atoms with Crippen LogP contribution in [0.5, 0.6) is 5.75 Å². The van der Waals surface area contributed by atoms with Crippen LogP contribution in [0.25, 0.3) is 21.3 Å². The van der Waals surface area contributed by atoms with E-state index in [1.165, 1.54) is 11.3 Å². The van der Waals surface area contributed by atoms with Crippen molar-refractivity contribution in [3.8, 4) is 16.9 Å². The van der Waals surface area contributed by atoms with Crippen molar-refractivity contribution in [3.05, 3.63) is 45.9 Å². The molecule has 3 aliphatic heterocycles. The highest BCUT2D eigenvalue weighted by molar-refractivity contribution is 7.19. The fourth-order valence-corrected chi connectivity index (χ4v) is 6.11. The first-order valence-corrected chi connectivity index (χ1v) is 12.2. The zero-order chi connectivity index (χ0) is 23.4. The lowest BCUT2D eigenvalue weighted by atomic mass is 10.0. The first-order valence-electron chi connectivity index (χ1n) is 11.0. The Bertz CT molecular complexity index is 1350. The number of hydrogen-bond acceptors (Lipinski definition) is 7. The molecule has 2 atom stereocenters. The quantitative estimate of drug-likeness (QED) is 0.478. The van der Waals surface area contributed by atoms with Gasteiger partial charge in [0.2, 0.25) is 0 Å². The molecule has 9 nitrogen and oxygen atoms in total. The number of thiophene rings is 1. The van der Waals surface area contributed by atoms with Gasteiger partial charge in [-0.2, -0.15) is 0 Å². The third kappa shape index (κ3) is 3.58. The van der Waals surface area contributed by atoms with Crippen molar-refractivity contribution in [3.63, 3.8) is 0 Å². The summed E-state index contributed by atoms with van der Waals surface area (Å²) in [4.78, 5) is 43.8. The second-order valence-corrected chi connectivity index (χ2v) is 9.97. The van der Waals surface area contributed by atoms with Gasteiger partial charge in [-0.05, 0) is 24.3 Å². The highest BCUT2D eigenvalue weighted by Gasteiger charge is 2.36. The summed E-state index contributed by atoms with van der Waals surface area (Å²) in [6, 6.07) is 6.10. The smallest absolute Gasteiger partial charge is 0.322 e. The lowest BCUT2D eigenvalue weighted by molar-refractivity contribution is -0.138. The van der Waals surface area contributed by atoms with Gasteiger partial charge in [-0.3, -0.25) is 19.9 Å². The lowest BCUT2D eigenvalue weighted by Crippen LogP contribution is -2.50. The molecule has 34 heavy (non-hydrogen) atoms. The van der Waals surface area contributed by atoms with Crippen LogP contribution in [0.1, 0.15) is 16.5 Å². The van der Waals surface area contributed by atoms with Gasteiger partial charge in [0.05, 0.1) is 10.2 Å². The Morgan fingerprint density at radius 2 is 2.00 bits per heavy atom. The van der Waals surface area contributed by atoms with Crippen LogP contribution in [-0.4, -0.2) is 60.0 Å². The predicted octanol–water partition coefficient (Wildman–Crippen LogP) is 2.23. The number of carbonyl (C=O) groups excluding carboxylic acids is 3. The summed E-state index contributed by atoms with van der Waals surface area (Å²) in [5, 5.41) is 8.70. The van der Waals surface area contributed by atoms with Crippen LogP contribution >= 0.6 is 22.9 Å². The minimum absolute atomic E-state index is 0.0129. The molecule has 3 N–H and O–H groups in total. The van der Waals surface area contributed by atoms with Crippen molar-refractivity contribution in [2.45, 2.75) is 18.6 Å². The van der Waals surface area contributed by atoms with E-state index in [2.05, 4.69) is 20.9 Å². The number of nitrogens with one attached hydrogen (secondary N) is 3. The predicted molar refractivity (Wildman–Crippen MR) is 127 cm³/mol. The number of piperazine rings is 1. The van der Waals surface area contributed by atoms with Crippen LogP contribution in [0.2, 0.25) is 5.02 Å². The molecule has 5 heterocycles. The van der Waals surface area contributed by atoms with E-state index in [1.807, 2.05) is 29.2 Å². The van der Waals surface area contributed by atoms with Gasteiger partial charge in [-0.15, -0.1) is 11.3 Å². The number of benzene rings is 1. The molecule has 11 heteroatoms. The van der Waals surface area contributed by atoms with E-state index in [0.717, 1.165) is 34.5 Å². The largest absolute Gasteiger partial charge is 0.479 e. The molecular weight excluding hydrogens is 478 g/mol. The number of pyridine rings is 1. The molecular formula is C23H20ClN5O4S. The monoisotopic (exact) mass is 497 g/mol. The summed E-state index contributed by atoms with van der Waals surface area (Å²) in [6.07, 6.45) is 1.57. The van der Waals surface area contributed by atoms with Crippen LogP contribution in [0.4, 0.5) is 4.79 Å². The maximum atomic E-state index is 13.1. The van der Waals surface area contributed by atoms with Gasteiger partial charge in [-0.25, -0.2) is 4.79 Å². The number of halogens is 1. The number of carbonyl (C=O) groups is 3. The summed E-state index contributed by atoms with van der Waals surface area (Å²) < 4.78 is 7.09. The van der Waals surface area contributed by atoms with Crippen molar-refractivity contribution in [1.29, 1.82) is 0 Å². The minimum atomic E-state index is -0.748. The van der Waals surface area contributed by atoms with Crippen molar-refractivity contribution in [2.24, 2.45) is 0 Å². The summed E-state index contributed by atoms with van der Waals surface area (Å²) in [7, 11) is 0. The summed E-state index contributed by atoms with van der Waals surface area (Å²) in [6.45, 7) is 2.88. The van der Waals surface area contributed by atoms with Gasteiger partial charge in [0, 0.05) is 65.4 Å². The van der Waals surface area contributed by atoms with Crippen LogP contribution in [0.15, 0.2) is 30.5 Å². The Balaban J connectivity index is 1.38. The van der Waals surface area contributed by atoms with Gasteiger partial charge in [-0.1, -0.05) is 11.6 Å². The Morgan fingerprint density at radius 3 is 2.76 bits per heavy atom. The van der Waals surface area contributed by atoms with E-state index in [9.17, 15) is 14.4 Å². The Morgan fingerprint density at radius 1 is 1.18 bits per heavy atom. The van der Waals surface area contributed by atoms with E-state index in [1.54, 1.807) is 6.20 Å². The zero-order valence-electron chi connectivity index (χ0n) is 17.9. The number of hydrogen-bond donors (Lipinski definition) is 3. The third-order valence-corrected chi connectivity index (χ3v) is 7.72. The van der Waals surface area contributed by atoms with E-state index in [0.29, 0.717) is 40.7 Å². The number of ether oxygens (including phenoxy) is 1. The first-order chi connectivity index (χ1) is 16.5. The van der Waals surface area contributed by atoms with Crippen LogP contribution in [0, 0.1) is 0 Å². The number of rotatable bonds is 3. The number of aromatic nitrogens is 1. The highest BCUT2D eigenvalue weighted by atomic mass is 35.5. The van der Waals surface area contributed by atoms with E-state index in [4.69, 9.17) is 16.3 Å². The fraction of sp³-hybridized carbons (Fsp3) is 0.304. The summed E-state index contributed by atoms with van der Waals surface area (Å²) >= 11 is 7.86. The number of amides is 4. The number of fused-ring (bicyclic) bond motifs is 2. The average Bonchev–Trinajstić information content (AvgIpc) is 3.54. The lowest BCUT2D eigenvalue weighted by Gasteiger charge is -2.29. The SMILES string of the molecule is O=C1NC(=O)C(c2cc3nccc(-c4cc(Cl)cc5c4OC(C(=O)N4CCNCC4)C5)c3s2)N1. The van der Waals surface area contributed by atoms with Crippen molar-refractivity contribution in [2.75, 3.05) is 26.2 Å². The van der Waals surface area contributed by atoms with Gasteiger partial charge >= 0.3 is 6.03 Å². The molecule has 3 aromatic rings. The van der Waals surface area contributed by atoms with Gasteiger partial charge in [0.15, 0.2) is 6.10 Å². The number of urea groups is 1. The molecule has 0 saturated carbocycles. The van der Waals surface area contributed by atoms with E-state index < -0.39 is 18.2 Å². The molecule has 174 valence electrons. The maximum absolute atomic E-state index is 13.1. The molecule has 2 fully saturated rings. The maximum Gasteiger partial charge on any atom is 0.322 e. The summed E-state index contributed by atoms with van der Waals surface area (Å²) in [5.41, 5.74) is 3.21. The molecule has 2 unspecified atom stereocenters. The zero-order valence-corrected chi connectivity index (χ0v) is 19.5.